The third-order valence-electron chi connectivity index (χ3n) is 3.44. The lowest BCUT2D eigenvalue weighted by Gasteiger charge is -2.23. The molecule has 1 aliphatic rings. The normalized spacial score (nSPS) is 18.9. The van der Waals surface area contributed by atoms with Gasteiger partial charge >= 0.3 is 12.1 Å². The standard InChI is InChI=1S/C13H14F3NO2/c14-13(15,16)12(6-7-12)17-8-10(11(18)19)9-4-2-1-3-5-9/h1-5,10,17H,6-8H2,(H,18,19). The first-order valence-electron chi connectivity index (χ1n) is 5.95. The summed E-state index contributed by atoms with van der Waals surface area (Å²) in [4.78, 5) is 11.2. The van der Waals surface area contributed by atoms with Crippen LogP contribution in [0, 0.1) is 0 Å². The topological polar surface area (TPSA) is 49.3 Å². The molecule has 0 amide bonds. The molecular weight excluding hydrogens is 259 g/mol. The Kier molecular flexibility index (Phi) is 3.54. The van der Waals surface area contributed by atoms with Gasteiger partial charge in [0.15, 0.2) is 0 Å². The summed E-state index contributed by atoms with van der Waals surface area (Å²) in [7, 11) is 0. The van der Waals surface area contributed by atoms with E-state index in [0.717, 1.165) is 0 Å². The molecule has 0 saturated heterocycles. The van der Waals surface area contributed by atoms with Gasteiger partial charge in [0, 0.05) is 6.54 Å². The largest absolute Gasteiger partial charge is 0.481 e. The van der Waals surface area contributed by atoms with Gasteiger partial charge in [-0.3, -0.25) is 4.79 Å². The first-order chi connectivity index (χ1) is 8.86. The second kappa shape index (κ2) is 4.85. The fraction of sp³-hybridized carbons (Fsp3) is 0.462. The number of carbonyl (C=O) groups is 1. The first-order valence-corrected chi connectivity index (χ1v) is 5.95. The highest BCUT2D eigenvalue weighted by molar-refractivity contribution is 5.76. The van der Waals surface area contributed by atoms with E-state index >= 15 is 0 Å². The number of halogens is 3. The van der Waals surface area contributed by atoms with E-state index in [-0.39, 0.29) is 19.4 Å². The van der Waals surface area contributed by atoms with E-state index < -0.39 is 23.6 Å². The summed E-state index contributed by atoms with van der Waals surface area (Å²) in [6, 6.07) is 8.28. The van der Waals surface area contributed by atoms with Crippen LogP contribution in [-0.4, -0.2) is 29.3 Å². The first kappa shape index (κ1) is 13.9. The Labute approximate surface area is 108 Å². The molecule has 3 nitrogen and oxygen atoms in total. The van der Waals surface area contributed by atoms with Crippen LogP contribution in [0.25, 0.3) is 0 Å². The Morgan fingerprint density at radius 2 is 1.89 bits per heavy atom. The second-order valence-corrected chi connectivity index (χ2v) is 4.76. The van der Waals surface area contributed by atoms with Crippen molar-refractivity contribution in [1.29, 1.82) is 0 Å². The molecule has 0 spiro atoms. The molecular formula is C13H14F3NO2. The SMILES string of the molecule is O=C(O)C(CNC1(C(F)(F)F)CC1)c1ccccc1. The predicted molar refractivity (Wildman–Crippen MR) is 62.8 cm³/mol. The van der Waals surface area contributed by atoms with Crippen molar-refractivity contribution >= 4 is 5.97 Å². The van der Waals surface area contributed by atoms with Crippen LogP contribution in [0.15, 0.2) is 30.3 Å². The summed E-state index contributed by atoms with van der Waals surface area (Å²) in [5, 5.41) is 11.5. The molecule has 0 aromatic heterocycles. The Morgan fingerprint density at radius 3 is 2.32 bits per heavy atom. The smallest absolute Gasteiger partial charge is 0.406 e. The summed E-state index contributed by atoms with van der Waals surface area (Å²) in [6.07, 6.45) is -4.30. The fourth-order valence-electron chi connectivity index (χ4n) is 2.02. The van der Waals surface area contributed by atoms with Crippen LogP contribution in [0.4, 0.5) is 13.2 Å². The van der Waals surface area contributed by atoms with Crippen LogP contribution in [0.3, 0.4) is 0 Å². The van der Waals surface area contributed by atoms with Crippen LogP contribution in [0.1, 0.15) is 24.3 Å². The third-order valence-corrected chi connectivity index (χ3v) is 3.44. The van der Waals surface area contributed by atoms with E-state index in [0.29, 0.717) is 5.56 Å². The van der Waals surface area contributed by atoms with Gasteiger partial charge in [-0.15, -0.1) is 0 Å². The quantitative estimate of drug-likeness (QED) is 0.866. The van der Waals surface area contributed by atoms with E-state index in [4.69, 9.17) is 5.11 Å². The summed E-state index contributed by atoms with van der Waals surface area (Å²) < 4.78 is 38.2. The van der Waals surface area contributed by atoms with Gasteiger partial charge < -0.3 is 10.4 Å². The van der Waals surface area contributed by atoms with Gasteiger partial charge in [-0.25, -0.2) is 0 Å². The number of nitrogens with one attached hydrogen (secondary N) is 1. The molecule has 0 aliphatic heterocycles. The van der Waals surface area contributed by atoms with Gasteiger partial charge in [0.05, 0.1) is 5.92 Å². The van der Waals surface area contributed by atoms with Gasteiger partial charge in [0.2, 0.25) is 0 Å². The molecule has 104 valence electrons. The van der Waals surface area contributed by atoms with Gasteiger partial charge in [-0.05, 0) is 18.4 Å². The zero-order valence-corrected chi connectivity index (χ0v) is 10.1. The van der Waals surface area contributed by atoms with E-state index in [1.54, 1.807) is 30.3 Å². The lowest BCUT2D eigenvalue weighted by Crippen LogP contribution is -2.47. The molecule has 1 aromatic carbocycles. The Hall–Kier alpha value is -1.56. The fourth-order valence-corrected chi connectivity index (χ4v) is 2.02. The van der Waals surface area contributed by atoms with Crippen LogP contribution in [0.2, 0.25) is 0 Å². The van der Waals surface area contributed by atoms with Crippen LogP contribution in [-0.2, 0) is 4.79 Å². The maximum absolute atomic E-state index is 12.7. The molecule has 0 bridgehead atoms. The number of rotatable bonds is 5. The highest BCUT2D eigenvalue weighted by Crippen LogP contribution is 2.49. The minimum absolute atomic E-state index is 0.0115. The van der Waals surface area contributed by atoms with Gasteiger partial charge in [-0.1, -0.05) is 30.3 Å². The number of alkyl halides is 3. The second-order valence-electron chi connectivity index (χ2n) is 4.76. The number of aliphatic carboxylic acids is 1. The Morgan fingerprint density at radius 1 is 1.32 bits per heavy atom. The molecule has 6 heteroatoms. The Balaban J connectivity index is 2.06. The number of hydrogen-bond donors (Lipinski definition) is 2. The van der Waals surface area contributed by atoms with Crippen molar-refractivity contribution in [3.8, 4) is 0 Å². The van der Waals surface area contributed by atoms with Crippen molar-refractivity contribution in [2.24, 2.45) is 0 Å². The van der Waals surface area contributed by atoms with Crippen molar-refractivity contribution in [1.82, 2.24) is 5.32 Å². The summed E-state index contributed by atoms with van der Waals surface area (Å²) >= 11 is 0. The van der Waals surface area contributed by atoms with Crippen LogP contribution < -0.4 is 5.32 Å². The van der Waals surface area contributed by atoms with E-state index in [1.165, 1.54) is 0 Å². The highest BCUT2D eigenvalue weighted by atomic mass is 19.4. The number of carboxylic acid groups (broad SMARTS) is 1. The van der Waals surface area contributed by atoms with Crippen molar-refractivity contribution in [3.05, 3.63) is 35.9 Å². The Bertz CT molecular complexity index is 455. The molecule has 19 heavy (non-hydrogen) atoms. The molecule has 1 saturated carbocycles. The van der Waals surface area contributed by atoms with Gasteiger partial charge in [-0.2, -0.15) is 13.2 Å². The number of carboxylic acids is 1. The van der Waals surface area contributed by atoms with Crippen LogP contribution in [0.5, 0.6) is 0 Å². The van der Waals surface area contributed by atoms with Crippen molar-refractivity contribution in [3.63, 3.8) is 0 Å². The average molecular weight is 273 g/mol. The minimum atomic E-state index is -4.33. The van der Waals surface area contributed by atoms with Gasteiger partial charge in [0.1, 0.15) is 5.54 Å². The molecule has 1 atom stereocenters. The van der Waals surface area contributed by atoms with E-state index in [1.807, 2.05) is 0 Å². The van der Waals surface area contributed by atoms with Crippen LogP contribution >= 0.6 is 0 Å². The summed E-state index contributed by atoms with van der Waals surface area (Å²) in [6.45, 7) is -0.223. The predicted octanol–water partition coefficient (Wildman–Crippen LogP) is 2.54. The summed E-state index contributed by atoms with van der Waals surface area (Å²) in [5.74, 6) is -2.10. The van der Waals surface area contributed by atoms with Crippen molar-refractivity contribution in [2.45, 2.75) is 30.5 Å². The van der Waals surface area contributed by atoms with Gasteiger partial charge in [0.25, 0.3) is 0 Å². The zero-order chi connectivity index (χ0) is 14.1. The molecule has 0 radical (unpaired) electrons. The molecule has 1 aliphatic carbocycles. The average Bonchev–Trinajstić information content (AvgIpc) is 3.10. The zero-order valence-electron chi connectivity index (χ0n) is 10.1. The monoisotopic (exact) mass is 273 g/mol. The molecule has 1 unspecified atom stereocenters. The van der Waals surface area contributed by atoms with Crippen molar-refractivity contribution in [2.75, 3.05) is 6.54 Å². The number of benzene rings is 1. The molecule has 2 N–H and O–H groups in total. The molecule has 1 aromatic rings. The maximum atomic E-state index is 12.7. The molecule has 2 rings (SSSR count). The van der Waals surface area contributed by atoms with E-state index in [9.17, 15) is 18.0 Å². The lowest BCUT2D eigenvalue weighted by molar-refractivity contribution is -0.166. The summed E-state index contributed by atoms with van der Waals surface area (Å²) in [5.41, 5.74) is -1.38. The maximum Gasteiger partial charge on any atom is 0.406 e. The number of hydrogen-bond acceptors (Lipinski definition) is 2. The molecule has 0 heterocycles. The van der Waals surface area contributed by atoms with Crippen molar-refractivity contribution < 1.29 is 23.1 Å². The third kappa shape index (κ3) is 2.89. The molecule has 1 fully saturated rings. The van der Waals surface area contributed by atoms with E-state index in [2.05, 4.69) is 5.32 Å². The highest BCUT2D eigenvalue weighted by Gasteiger charge is 2.63. The minimum Gasteiger partial charge on any atom is -0.481 e. The lowest BCUT2D eigenvalue weighted by atomic mass is 9.99.